The molecule has 7 heteroatoms. The van der Waals surface area contributed by atoms with Gasteiger partial charge >= 0.3 is 0 Å². The van der Waals surface area contributed by atoms with Crippen LogP contribution in [0, 0.1) is 22.0 Å². The Kier molecular flexibility index (Phi) is 7.67. The molecule has 0 bridgehead atoms. The number of non-ortho nitro benzene ring substituents is 1. The summed E-state index contributed by atoms with van der Waals surface area (Å²) in [4.78, 5) is 39.3. The van der Waals surface area contributed by atoms with E-state index >= 15 is 0 Å². The van der Waals surface area contributed by atoms with Crippen LogP contribution in [0.5, 0.6) is 0 Å². The Morgan fingerprint density at radius 2 is 1.31 bits per heavy atom. The molecular weight excluding hydrogens is 442 g/mol. The third-order valence-electron chi connectivity index (χ3n) is 6.18. The van der Waals surface area contributed by atoms with Crippen molar-refractivity contribution >= 4 is 23.2 Å². The third-order valence-corrected chi connectivity index (χ3v) is 6.18. The summed E-state index contributed by atoms with van der Waals surface area (Å²) >= 11 is 0. The first-order valence-corrected chi connectivity index (χ1v) is 11.6. The minimum absolute atomic E-state index is 0.0471. The summed E-state index contributed by atoms with van der Waals surface area (Å²) in [6, 6.07) is 25.3. The zero-order chi connectivity index (χ0) is 24.6. The van der Waals surface area contributed by atoms with E-state index in [0.29, 0.717) is 31.6 Å². The first-order chi connectivity index (χ1) is 17.0. The van der Waals surface area contributed by atoms with Crippen LogP contribution in [0.2, 0.25) is 0 Å². The monoisotopic (exact) mass is 469 g/mol. The highest BCUT2D eigenvalue weighted by Crippen LogP contribution is 2.30. The Hall–Kier alpha value is -4.26. The molecule has 0 spiro atoms. The molecule has 178 valence electrons. The van der Waals surface area contributed by atoms with E-state index in [-0.39, 0.29) is 17.5 Å². The van der Waals surface area contributed by atoms with Gasteiger partial charge in [0, 0.05) is 30.9 Å². The fourth-order valence-electron chi connectivity index (χ4n) is 4.33. The third kappa shape index (κ3) is 6.20. The normalized spacial score (nSPS) is 16.9. The van der Waals surface area contributed by atoms with Crippen LogP contribution in [0.3, 0.4) is 0 Å². The molecule has 1 aliphatic rings. The Bertz CT molecular complexity index is 1150. The molecule has 0 aromatic heterocycles. The second kappa shape index (κ2) is 11.2. The van der Waals surface area contributed by atoms with Crippen LogP contribution in [-0.4, -0.2) is 21.6 Å². The second-order valence-corrected chi connectivity index (χ2v) is 8.61. The lowest BCUT2D eigenvalue weighted by molar-refractivity contribution is -0.384. The number of anilines is 1. The van der Waals surface area contributed by atoms with Gasteiger partial charge in [0.2, 0.25) is 11.8 Å². The maximum atomic E-state index is 13.8. The molecule has 2 unspecified atom stereocenters. The molecule has 0 heterocycles. The number of rotatable bonds is 8. The maximum absolute atomic E-state index is 13.8. The molecule has 0 aliphatic heterocycles. The number of carbonyl (C=O) groups is 2. The number of benzene rings is 3. The highest BCUT2D eigenvalue weighted by Gasteiger charge is 2.36. The van der Waals surface area contributed by atoms with Crippen molar-refractivity contribution in [3.8, 4) is 0 Å². The molecule has 0 fully saturated rings. The summed E-state index contributed by atoms with van der Waals surface area (Å²) in [6.45, 7) is 0.900. The number of nitro groups is 1. The van der Waals surface area contributed by atoms with Gasteiger partial charge in [0.1, 0.15) is 0 Å². The number of nitrogens with zero attached hydrogens (tertiary/aromatic N) is 2. The fraction of sp³-hybridized carbons (Fsp3) is 0.214. The largest absolute Gasteiger partial charge is 0.334 e. The highest BCUT2D eigenvalue weighted by atomic mass is 16.6. The van der Waals surface area contributed by atoms with E-state index in [1.54, 1.807) is 0 Å². The average molecular weight is 470 g/mol. The van der Waals surface area contributed by atoms with E-state index in [9.17, 15) is 19.7 Å². The summed E-state index contributed by atoms with van der Waals surface area (Å²) in [5.74, 6) is -1.35. The quantitative estimate of drug-likeness (QED) is 0.274. The molecule has 2 amide bonds. The minimum atomic E-state index is -0.531. The van der Waals surface area contributed by atoms with E-state index in [2.05, 4.69) is 5.32 Å². The van der Waals surface area contributed by atoms with E-state index in [4.69, 9.17) is 0 Å². The first-order valence-electron chi connectivity index (χ1n) is 11.6. The van der Waals surface area contributed by atoms with E-state index in [1.807, 2.05) is 77.7 Å². The van der Waals surface area contributed by atoms with E-state index < -0.39 is 16.8 Å². The standard InChI is InChI=1S/C28H27N3O4/c32-27(29-23-15-17-24(18-16-23)31(34)35)25-13-7-8-14-26(25)28(33)30(19-21-9-3-1-4-10-21)20-22-11-5-2-6-12-22/h1-12,15-18,25-26H,13-14,19-20H2,(H,29,32). The van der Waals surface area contributed by atoms with Crippen molar-refractivity contribution in [1.82, 2.24) is 4.90 Å². The summed E-state index contributed by atoms with van der Waals surface area (Å²) in [5.41, 5.74) is 2.46. The molecule has 35 heavy (non-hydrogen) atoms. The van der Waals surface area contributed by atoms with Crippen LogP contribution in [0.1, 0.15) is 24.0 Å². The number of hydrogen-bond acceptors (Lipinski definition) is 4. The zero-order valence-corrected chi connectivity index (χ0v) is 19.2. The van der Waals surface area contributed by atoms with Gasteiger partial charge in [0.25, 0.3) is 5.69 Å². The first kappa shape index (κ1) is 23.9. The summed E-state index contributed by atoms with van der Waals surface area (Å²) in [7, 11) is 0. The van der Waals surface area contributed by atoms with Crippen molar-refractivity contribution in [1.29, 1.82) is 0 Å². The number of nitro benzene ring substituents is 1. The van der Waals surface area contributed by atoms with E-state index in [0.717, 1.165) is 11.1 Å². The lowest BCUT2D eigenvalue weighted by Gasteiger charge is -2.32. The highest BCUT2D eigenvalue weighted by molar-refractivity contribution is 5.96. The molecule has 3 aromatic carbocycles. The molecule has 0 saturated carbocycles. The molecule has 0 saturated heterocycles. The van der Waals surface area contributed by atoms with Gasteiger partial charge in [-0.25, -0.2) is 0 Å². The molecule has 3 aromatic rings. The summed E-state index contributed by atoms with van der Waals surface area (Å²) in [5, 5.41) is 13.7. The Morgan fingerprint density at radius 1 is 0.800 bits per heavy atom. The van der Waals surface area contributed by atoms with Crippen molar-refractivity contribution in [2.24, 2.45) is 11.8 Å². The predicted molar refractivity (Wildman–Crippen MR) is 134 cm³/mol. The van der Waals surface area contributed by atoms with Crippen molar-refractivity contribution in [3.05, 3.63) is 118 Å². The summed E-state index contributed by atoms with van der Waals surface area (Å²) < 4.78 is 0. The second-order valence-electron chi connectivity index (χ2n) is 8.61. The SMILES string of the molecule is O=C(Nc1ccc([N+](=O)[O-])cc1)C1CC=CCC1C(=O)N(Cc1ccccc1)Cc1ccccc1. The van der Waals surface area contributed by atoms with Crippen molar-refractivity contribution in [3.63, 3.8) is 0 Å². The molecule has 4 rings (SSSR count). The minimum Gasteiger partial charge on any atom is -0.334 e. The maximum Gasteiger partial charge on any atom is 0.269 e. The number of hydrogen-bond donors (Lipinski definition) is 1. The van der Waals surface area contributed by atoms with Gasteiger partial charge in [0.05, 0.1) is 16.8 Å². The lowest BCUT2D eigenvalue weighted by atomic mass is 9.81. The summed E-state index contributed by atoms with van der Waals surface area (Å²) in [6.07, 6.45) is 4.83. The van der Waals surface area contributed by atoms with Gasteiger partial charge in [-0.05, 0) is 36.1 Å². The van der Waals surface area contributed by atoms with Crippen LogP contribution < -0.4 is 5.32 Å². The average Bonchev–Trinajstić information content (AvgIpc) is 2.89. The number of amides is 2. The number of allylic oxidation sites excluding steroid dienone is 2. The Balaban J connectivity index is 1.53. The van der Waals surface area contributed by atoms with Crippen molar-refractivity contribution in [2.75, 3.05) is 5.32 Å². The van der Waals surface area contributed by atoms with Gasteiger partial charge in [-0.2, -0.15) is 0 Å². The van der Waals surface area contributed by atoms with Crippen LogP contribution in [-0.2, 0) is 22.7 Å². The van der Waals surface area contributed by atoms with Crippen molar-refractivity contribution < 1.29 is 14.5 Å². The van der Waals surface area contributed by atoms with Gasteiger partial charge in [-0.15, -0.1) is 0 Å². The zero-order valence-electron chi connectivity index (χ0n) is 19.2. The Labute approximate surface area is 204 Å². The molecule has 1 aliphatic carbocycles. The van der Waals surface area contributed by atoms with Gasteiger partial charge < -0.3 is 10.2 Å². The van der Waals surface area contributed by atoms with Crippen molar-refractivity contribution in [2.45, 2.75) is 25.9 Å². The smallest absolute Gasteiger partial charge is 0.269 e. The van der Waals surface area contributed by atoms with Crippen LogP contribution >= 0.6 is 0 Å². The topological polar surface area (TPSA) is 92.5 Å². The molecule has 2 atom stereocenters. The number of carbonyl (C=O) groups excluding carboxylic acids is 2. The fourth-order valence-corrected chi connectivity index (χ4v) is 4.33. The lowest BCUT2D eigenvalue weighted by Crippen LogP contribution is -2.42. The van der Waals surface area contributed by atoms with Crippen LogP contribution in [0.4, 0.5) is 11.4 Å². The number of nitrogens with one attached hydrogen (secondary N) is 1. The predicted octanol–water partition coefficient (Wildman–Crippen LogP) is 5.34. The van der Waals surface area contributed by atoms with Gasteiger partial charge in [-0.1, -0.05) is 72.8 Å². The van der Waals surface area contributed by atoms with Crippen LogP contribution in [0.15, 0.2) is 97.1 Å². The van der Waals surface area contributed by atoms with Crippen LogP contribution in [0.25, 0.3) is 0 Å². The molecule has 0 radical (unpaired) electrons. The Morgan fingerprint density at radius 3 is 1.83 bits per heavy atom. The molecular formula is C28H27N3O4. The molecule has 1 N–H and O–H groups in total. The molecule has 7 nitrogen and oxygen atoms in total. The van der Waals surface area contributed by atoms with Gasteiger partial charge in [0.15, 0.2) is 0 Å². The van der Waals surface area contributed by atoms with Gasteiger partial charge in [-0.3, -0.25) is 19.7 Å². The van der Waals surface area contributed by atoms with E-state index in [1.165, 1.54) is 24.3 Å².